The van der Waals surface area contributed by atoms with E-state index in [-0.39, 0.29) is 47.8 Å². The average Bonchev–Trinajstić information content (AvgIpc) is 2.67. The molecule has 170 valence electrons. The van der Waals surface area contributed by atoms with Crippen LogP contribution < -0.4 is 0 Å². The molecule has 0 bridgehead atoms. The Kier molecular flexibility index (Phi) is 9.62. The van der Waals surface area contributed by atoms with E-state index >= 15 is 0 Å². The van der Waals surface area contributed by atoms with E-state index in [0.717, 1.165) is 6.07 Å². The predicted molar refractivity (Wildman–Crippen MR) is 116 cm³/mol. The van der Waals surface area contributed by atoms with Crippen LogP contribution in [0.4, 0.5) is 8.78 Å². The summed E-state index contributed by atoms with van der Waals surface area (Å²) in [7, 11) is 0.936. The van der Waals surface area contributed by atoms with Gasteiger partial charge in [0, 0.05) is 19.9 Å². The minimum atomic E-state index is -2.04. The number of likely N-dealkylation sites (N-methyl/N-ethyl adjacent to an activating group) is 1. The summed E-state index contributed by atoms with van der Waals surface area (Å²) in [4.78, 5) is 25.9. The third-order valence-electron chi connectivity index (χ3n) is 5.93. The molecule has 5 nitrogen and oxygen atoms in total. The first kappa shape index (κ1) is 26.2. The van der Waals surface area contributed by atoms with E-state index in [4.69, 9.17) is 9.16 Å². The Morgan fingerprint density at radius 3 is 2.37 bits per heavy atom. The molecule has 0 saturated heterocycles. The van der Waals surface area contributed by atoms with Gasteiger partial charge in [0.05, 0.1) is 19.8 Å². The van der Waals surface area contributed by atoms with E-state index in [0.29, 0.717) is 13.0 Å². The molecule has 0 unspecified atom stereocenters. The zero-order valence-electron chi connectivity index (χ0n) is 19.2. The SMILES string of the molecule is COC(=O)CC[C@@H](CO[Si](C)(C)C(C)(C)C)N(C)C(=O)CCc1cccc(F)c1F. The van der Waals surface area contributed by atoms with Gasteiger partial charge in [0.25, 0.3) is 0 Å². The van der Waals surface area contributed by atoms with E-state index in [1.807, 2.05) is 0 Å². The van der Waals surface area contributed by atoms with Crippen LogP contribution in [-0.4, -0.2) is 51.9 Å². The second-order valence-corrected chi connectivity index (χ2v) is 13.9. The van der Waals surface area contributed by atoms with Gasteiger partial charge in [0.15, 0.2) is 20.0 Å². The molecule has 8 heteroatoms. The number of nitrogens with zero attached hydrogens (tertiary/aromatic N) is 1. The van der Waals surface area contributed by atoms with Crippen LogP contribution in [-0.2, 0) is 25.2 Å². The van der Waals surface area contributed by atoms with Crippen molar-refractivity contribution >= 4 is 20.2 Å². The lowest BCUT2D eigenvalue weighted by atomic mass is 10.1. The number of ether oxygens (including phenoxy) is 1. The number of hydrogen-bond acceptors (Lipinski definition) is 4. The minimum absolute atomic E-state index is 0.0113. The fraction of sp³-hybridized carbons (Fsp3) is 0.636. The largest absolute Gasteiger partial charge is 0.469 e. The minimum Gasteiger partial charge on any atom is -0.469 e. The first-order valence-electron chi connectivity index (χ1n) is 10.2. The molecular weight excluding hydrogens is 408 g/mol. The Labute approximate surface area is 179 Å². The van der Waals surface area contributed by atoms with E-state index in [9.17, 15) is 18.4 Å². The summed E-state index contributed by atoms with van der Waals surface area (Å²) in [5.74, 6) is -2.41. The van der Waals surface area contributed by atoms with Gasteiger partial charge in [0.2, 0.25) is 5.91 Å². The predicted octanol–water partition coefficient (Wildman–Crippen LogP) is 4.70. The van der Waals surface area contributed by atoms with E-state index < -0.39 is 20.0 Å². The molecular formula is C22H35F2NO4Si. The van der Waals surface area contributed by atoms with Gasteiger partial charge in [-0.25, -0.2) is 8.78 Å². The van der Waals surface area contributed by atoms with Gasteiger partial charge in [-0.2, -0.15) is 0 Å². The van der Waals surface area contributed by atoms with Crippen LogP contribution in [0.1, 0.15) is 45.6 Å². The number of methoxy groups -OCH3 is 1. The molecule has 0 aliphatic rings. The molecule has 0 fully saturated rings. The molecule has 30 heavy (non-hydrogen) atoms. The highest BCUT2D eigenvalue weighted by molar-refractivity contribution is 6.74. The number of esters is 1. The van der Waals surface area contributed by atoms with Crippen molar-refractivity contribution in [1.82, 2.24) is 4.90 Å². The van der Waals surface area contributed by atoms with Crippen LogP contribution >= 0.6 is 0 Å². The second-order valence-electron chi connectivity index (χ2n) is 9.06. The summed E-state index contributed by atoms with van der Waals surface area (Å²) in [5, 5.41) is 0.0113. The topological polar surface area (TPSA) is 55.8 Å². The number of halogens is 2. The maximum absolute atomic E-state index is 13.9. The normalized spacial score (nSPS) is 13.1. The van der Waals surface area contributed by atoms with Crippen LogP contribution in [0.5, 0.6) is 0 Å². The number of carbonyl (C=O) groups is 2. The lowest BCUT2D eigenvalue weighted by molar-refractivity contribution is -0.142. The molecule has 1 aromatic rings. The van der Waals surface area contributed by atoms with Crippen molar-refractivity contribution < 1.29 is 27.5 Å². The molecule has 0 aromatic heterocycles. The van der Waals surface area contributed by atoms with Crippen LogP contribution in [0.15, 0.2) is 18.2 Å². The maximum Gasteiger partial charge on any atom is 0.305 e. The van der Waals surface area contributed by atoms with Crippen molar-refractivity contribution in [2.24, 2.45) is 0 Å². The van der Waals surface area contributed by atoms with Crippen LogP contribution in [0, 0.1) is 11.6 Å². The third-order valence-corrected chi connectivity index (χ3v) is 10.4. The molecule has 0 aliphatic heterocycles. The lowest BCUT2D eigenvalue weighted by Crippen LogP contribution is -2.47. The Hall–Kier alpha value is -1.80. The van der Waals surface area contributed by atoms with E-state index in [2.05, 4.69) is 33.9 Å². The molecule has 1 rings (SSSR count). The number of aryl methyl sites for hydroxylation is 1. The fourth-order valence-corrected chi connectivity index (χ4v) is 3.70. The van der Waals surface area contributed by atoms with Crippen molar-refractivity contribution in [3.8, 4) is 0 Å². The number of hydrogen-bond donors (Lipinski definition) is 0. The van der Waals surface area contributed by atoms with Crippen molar-refractivity contribution in [2.75, 3.05) is 20.8 Å². The Bertz CT molecular complexity index is 734. The van der Waals surface area contributed by atoms with Crippen molar-refractivity contribution in [2.45, 2.75) is 70.6 Å². The molecule has 0 saturated carbocycles. The van der Waals surface area contributed by atoms with Crippen molar-refractivity contribution in [3.05, 3.63) is 35.4 Å². The number of benzene rings is 1. The van der Waals surface area contributed by atoms with Crippen LogP contribution in [0.3, 0.4) is 0 Å². The van der Waals surface area contributed by atoms with Gasteiger partial charge in [-0.15, -0.1) is 0 Å². The van der Waals surface area contributed by atoms with Gasteiger partial charge in [-0.05, 0) is 42.6 Å². The summed E-state index contributed by atoms with van der Waals surface area (Å²) >= 11 is 0. The van der Waals surface area contributed by atoms with Gasteiger partial charge in [0.1, 0.15) is 0 Å². The molecule has 1 amide bonds. The molecule has 1 atom stereocenters. The van der Waals surface area contributed by atoms with Crippen molar-refractivity contribution in [1.29, 1.82) is 0 Å². The maximum atomic E-state index is 13.9. The van der Waals surface area contributed by atoms with Crippen LogP contribution in [0.25, 0.3) is 0 Å². The molecule has 1 aromatic carbocycles. The Morgan fingerprint density at radius 2 is 1.80 bits per heavy atom. The highest BCUT2D eigenvalue weighted by Gasteiger charge is 2.38. The smallest absolute Gasteiger partial charge is 0.305 e. The van der Waals surface area contributed by atoms with E-state index in [1.54, 1.807) is 11.9 Å². The quantitative estimate of drug-likeness (QED) is 0.389. The number of rotatable bonds is 10. The standard InChI is InChI=1S/C22H35F2NO4Si/c1-22(2,3)30(6,7)29-15-17(12-14-20(27)28-5)25(4)19(26)13-11-16-9-8-10-18(23)21(16)24/h8-10,17H,11-15H2,1-7H3/t17-/m0/s1. The second kappa shape index (κ2) is 11.0. The van der Waals surface area contributed by atoms with Gasteiger partial charge in [-0.3, -0.25) is 9.59 Å². The number of carbonyl (C=O) groups excluding carboxylic acids is 2. The van der Waals surface area contributed by atoms with Gasteiger partial charge >= 0.3 is 5.97 Å². The molecule has 0 aliphatic carbocycles. The van der Waals surface area contributed by atoms with Gasteiger partial charge in [-0.1, -0.05) is 32.9 Å². The Balaban J connectivity index is 2.83. The summed E-state index contributed by atoms with van der Waals surface area (Å²) < 4.78 is 38.2. The Morgan fingerprint density at radius 1 is 1.17 bits per heavy atom. The van der Waals surface area contributed by atoms with E-state index in [1.165, 1.54) is 19.2 Å². The fourth-order valence-electron chi connectivity index (χ4n) is 2.66. The summed E-state index contributed by atoms with van der Waals surface area (Å²) in [6.45, 7) is 10.9. The monoisotopic (exact) mass is 443 g/mol. The van der Waals surface area contributed by atoms with Crippen molar-refractivity contribution in [3.63, 3.8) is 0 Å². The highest BCUT2D eigenvalue weighted by atomic mass is 28.4. The third kappa shape index (κ3) is 7.47. The first-order chi connectivity index (χ1) is 13.8. The van der Waals surface area contributed by atoms with Crippen LogP contribution in [0.2, 0.25) is 18.1 Å². The first-order valence-corrected chi connectivity index (χ1v) is 13.1. The summed E-state index contributed by atoms with van der Waals surface area (Å²) in [6, 6.07) is 3.63. The number of amides is 1. The molecule has 0 spiro atoms. The summed E-state index contributed by atoms with van der Waals surface area (Å²) in [6.07, 6.45) is 0.696. The van der Waals surface area contributed by atoms with Gasteiger partial charge < -0.3 is 14.1 Å². The molecule has 0 heterocycles. The lowest BCUT2D eigenvalue weighted by Gasteiger charge is -2.38. The molecule has 0 radical (unpaired) electrons. The average molecular weight is 444 g/mol. The zero-order chi connectivity index (χ0) is 23.1. The molecule has 0 N–H and O–H groups in total. The summed E-state index contributed by atoms with van der Waals surface area (Å²) in [5.41, 5.74) is 0.167. The zero-order valence-corrected chi connectivity index (χ0v) is 20.2. The highest BCUT2D eigenvalue weighted by Crippen LogP contribution is 2.36.